The van der Waals surface area contributed by atoms with E-state index in [9.17, 15) is 14.4 Å². The second kappa shape index (κ2) is 6.00. The Morgan fingerprint density at radius 2 is 2.06 bits per heavy atom. The summed E-state index contributed by atoms with van der Waals surface area (Å²) in [4.78, 5) is 33.4. The van der Waals surface area contributed by atoms with E-state index in [1.165, 1.54) is 6.07 Å². The molecule has 0 aliphatic rings. The average molecular weight is 253 g/mol. The molecule has 0 fully saturated rings. The fourth-order valence-electron chi connectivity index (χ4n) is 1.42. The summed E-state index contributed by atoms with van der Waals surface area (Å²) >= 11 is 0. The highest BCUT2D eigenvalue weighted by atomic mass is 16.4. The lowest BCUT2D eigenvalue weighted by molar-refractivity contribution is -0.139. The van der Waals surface area contributed by atoms with Crippen molar-refractivity contribution < 1.29 is 19.1 Å². The number of carbonyl (C=O) groups excluding carboxylic acids is 1. The zero-order valence-corrected chi connectivity index (χ0v) is 10.2. The molecule has 1 amide bonds. The van der Waals surface area contributed by atoms with Gasteiger partial charge in [0.2, 0.25) is 0 Å². The molecule has 0 saturated carbocycles. The molecule has 0 aromatic carbocycles. The molecule has 1 atom stereocenters. The molecule has 6 heteroatoms. The van der Waals surface area contributed by atoms with Crippen LogP contribution >= 0.6 is 0 Å². The predicted molar refractivity (Wildman–Crippen MR) is 63.3 cm³/mol. The zero-order valence-electron chi connectivity index (χ0n) is 10.2. The molecular weight excluding hydrogens is 238 g/mol. The van der Waals surface area contributed by atoms with Gasteiger partial charge in [-0.2, -0.15) is 0 Å². The van der Waals surface area contributed by atoms with Crippen molar-refractivity contribution in [1.82, 2.24) is 5.32 Å². The Balaban J connectivity index is 2.75. The van der Waals surface area contributed by atoms with Gasteiger partial charge >= 0.3 is 11.6 Å². The Morgan fingerprint density at radius 3 is 2.50 bits per heavy atom. The Kier molecular flexibility index (Phi) is 4.65. The second-order valence-corrected chi connectivity index (χ2v) is 4.34. The molecule has 1 aromatic heterocycles. The number of carbonyl (C=O) groups is 2. The largest absolute Gasteiger partial charge is 0.480 e. The maximum absolute atomic E-state index is 11.7. The number of amides is 1. The van der Waals surface area contributed by atoms with Gasteiger partial charge in [-0.3, -0.25) is 4.79 Å². The van der Waals surface area contributed by atoms with E-state index >= 15 is 0 Å². The first kappa shape index (κ1) is 14.0. The van der Waals surface area contributed by atoms with Crippen LogP contribution in [0.4, 0.5) is 0 Å². The van der Waals surface area contributed by atoms with Crippen molar-refractivity contribution in [3.8, 4) is 0 Å². The van der Waals surface area contributed by atoms with Crippen molar-refractivity contribution in [1.29, 1.82) is 0 Å². The summed E-state index contributed by atoms with van der Waals surface area (Å²) < 4.78 is 4.54. The summed E-state index contributed by atoms with van der Waals surface area (Å²) in [7, 11) is 0. The molecule has 0 radical (unpaired) electrons. The Bertz CT molecular complexity index is 471. The van der Waals surface area contributed by atoms with E-state index in [1.54, 1.807) is 0 Å². The van der Waals surface area contributed by atoms with Crippen molar-refractivity contribution in [3.63, 3.8) is 0 Å². The van der Waals surface area contributed by atoms with Gasteiger partial charge in [-0.15, -0.1) is 0 Å². The minimum absolute atomic E-state index is 0.115. The van der Waals surface area contributed by atoms with Gasteiger partial charge in [-0.05, 0) is 18.4 Å². The minimum atomic E-state index is -1.09. The van der Waals surface area contributed by atoms with E-state index in [4.69, 9.17) is 5.11 Å². The third-order valence-corrected chi connectivity index (χ3v) is 2.27. The van der Waals surface area contributed by atoms with Gasteiger partial charge in [0, 0.05) is 6.07 Å². The predicted octanol–water partition coefficient (Wildman–Crippen LogP) is 0.869. The fraction of sp³-hybridized carbons (Fsp3) is 0.417. The van der Waals surface area contributed by atoms with Crippen LogP contribution in [-0.2, 0) is 4.79 Å². The van der Waals surface area contributed by atoms with Crippen LogP contribution in [0.15, 0.2) is 27.6 Å². The SMILES string of the molecule is CC(C)C[C@@H](NC(=O)c1ccc(=O)oc1)C(=O)O. The van der Waals surface area contributed by atoms with Gasteiger partial charge in [0.1, 0.15) is 12.3 Å². The number of carboxylic acid groups (broad SMARTS) is 1. The summed E-state index contributed by atoms with van der Waals surface area (Å²) in [6, 6.07) is 1.44. The van der Waals surface area contributed by atoms with E-state index in [0.717, 1.165) is 12.3 Å². The molecule has 2 N–H and O–H groups in total. The third kappa shape index (κ3) is 4.04. The van der Waals surface area contributed by atoms with Crippen LogP contribution in [0.2, 0.25) is 0 Å². The van der Waals surface area contributed by atoms with Crippen LogP contribution < -0.4 is 10.9 Å². The standard InChI is InChI=1S/C12H15NO5/c1-7(2)5-9(12(16)17)13-11(15)8-3-4-10(14)18-6-8/h3-4,6-7,9H,5H2,1-2H3,(H,13,15)(H,16,17)/t9-/m1/s1. The van der Waals surface area contributed by atoms with E-state index in [0.29, 0.717) is 6.42 Å². The summed E-state index contributed by atoms with van der Waals surface area (Å²) in [6.45, 7) is 3.73. The van der Waals surface area contributed by atoms with Gasteiger partial charge in [0.05, 0.1) is 5.56 Å². The van der Waals surface area contributed by atoms with Crippen molar-refractivity contribution in [2.24, 2.45) is 5.92 Å². The van der Waals surface area contributed by atoms with Crippen LogP contribution in [-0.4, -0.2) is 23.0 Å². The molecule has 18 heavy (non-hydrogen) atoms. The van der Waals surface area contributed by atoms with Crippen molar-refractivity contribution >= 4 is 11.9 Å². The molecule has 1 heterocycles. The first-order valence-corrected chi connectivity index (χ1v) is 5.52. The minimum Gasteiger partial charge on any atom is -0.480 e. The number of hydrogen-bond donors (Lipinski definition) is 2. The fourth-order valence-corrected chi connectivity index (χ4v) is 1.42. The van der Waals surface area contributed by atoms with Gasteiger partial charge in [0.15, 0.2) is 0 Å². The quantitative estimate of drug-likeness (QED) is 0.811. The first-order valence-electron chi connectivity index (χ1n) is 5.52. The number of carboxylic acids is 1. The third-order valence-electron chi connectivity index (χ3n) is 2.27. The number of rotatable bonds is 5. The summed E-state index contributed by atoms with van der Waals surface area (Å²) in [5.74, 6) is -1.53. The van der Waals surface area contributed by atoms with E-state index < -0.39 is 23.5 Å². The number of nitrogens with one attached hydrogen (secondary N) is 1. The lowest BCUT2D eigenvalue weighted by atomic mass is 10.0. The molecule has 0 aliphatic heterocycles. The Morgan fingerprint density at radius 1 is 1.39 bits per heavy atom. The molecule has 0 saturated heterocycles. The highest BCUT2D eigenvalue weighted by Gasteiger charge is 2.21. The van der Waals surface area contributed by atoms with E-state index in [-0.39, 0.29) is 11.5 Å². The maximum atomic E-state index is 11.7. The molecule has 1 rings (SSSR count). The summed E-state index contributed by atoms with van der Waals surface area (Å²) in [6.07, 6.45) is 1.34. The van der Waals surface area contributed by atoms with Crippen molar-refractivity contribution in [2.75, 3.05) is 0 Å². The zero-order chi connectivity index (χ0) is 13.7. The smallest absolute Gasteiger partial charge is 0.335 e. The van der Waals surface area contributed by atoms with Gasteiger partial charge < -0.3 is 14.8 Å². The van der Waals surface area contributed by atoms with Crippen LogP contribution in [0.3, 0.4) is 0 Å². The normalized spacial score (nSPS) is 12.2. The highest BCUT2D eigenvalue weighted by molar-refractivity contribution is 5.96. The van der Waals surface area contributed by atoms with Gasteiger partial charge in [0.25, 0.3) is 5.91 Å². The molecule has 98 valence electrons. The molecule has 0 bridgehead atoms. The summed E-state index contributed by atoms with van der Waals surface area (Å²) in [5.41, 5.74) is -0.451. The first-order chi connectivity index (χ1) is 8.40. The van der Waals surface area contributed by atoms with Crippen molar-refractivity contribution in [3.05, 3.63) is 34.4 Å². The van der Waals surface area contributed by atoms with E-state index in [2.05, 4.69) is 9.73 Å². The van der Waals surface area contributed by atoms with Crippen LogP contribution in [0.1, 0.15) is 30.6 Å². The van der Waals surface area contributed by atoms with Crippen LogP contribution in [0.25, 0.3) is 0 Å². The Labute approximate surface area is 104 Å². The van der Waals surface area contributed by atoms with Gasteiger partial charge in [-0.25, -0.2) is 9.59 Å². The Hall–Kier alpha value is -2.11. The summed E-state index contributed by atoms with van der Waals surface area (Å²) in [5, 5.41) is 11.4. The molecule has 6 nitrogen and oxygen atoms in total. The average Bonchev–Trinajstić information content (AvgIpc) is 2.28. The maximum Gasteiger partial charge on any atom is 0.335 e. The van der Waals surface area contributed by atoms with Crippen LogP contribution in [0.5, 0.6) is 0 Å². The molecule has 0 unspecified atom stereocenters. The topological polar surface area (TPSA) is 96.6 Å². The molecule has 1 aromatic rings. The molecule has 0 spiro atoms. The van der Waals surface area contributed by atoms with Gasteiger partial charge in [-0.1, -0.05) is 13.8 Å². The molecular formula is C12H15NO5. The monoisotopic (exact) mass is 253 g/mol. The number of aliphatic carboxylic acids is 1. The lowest BCUT2D eigenvalue weighted by Crippen LogP contribution is -2.41. The molecule has 0 aliphatic carbocycles. The highest BCUT2D eigenvalue weighted by Crippen LogP contribution is 2.06. The number of hydrogen-bond acceptors (Lipinski definition) is 4. The van der Waals surface area contributed by atoms with Crippen LogP contribution in [0, 0.1) is 5.92 Å². The van der Waals surface area contributed by atoms with Crippen molar-refractivity contribution in [2.45, 2.75) is 26.3 Å². The van der Waals surface area contributed by atoms with E-state index in [1.807, 2.05) is 13.8 Å². The second-order valence-electron chi connectivity index (χ2n) is 4.34. The lowest BCUT2D eigenvalue weighted by Gasteiger charge is -2.16.